The molecule has 1 aliphatic heterocycles. The number of fused-ring (bicyclic) bond motifs is 2. The smallest absolute Gasteiger partial charge is 0.0478 e. The van der Waals surface area contributed by atoms with E-state index in [0.29, 0.717) is 6.04 Å². The van der Waals surface area contributed by atoms with Crippen LogP contribution in [0, 0.1) is 5.41 Å². The van der Waals surface area contributed by atoms with Gasteiger partial charge in [0, 0.05) is 33.9 Å². The number of benzene rings is 1. The quantitative estimate of drug-likeness (QED) is 0.685. The van der Waals surface area contributed by atoms with Crippen molar-refractivity contribution in [1.29, 1.82) is 0 Å². The van der Waals surface area contributed by atoms with Gasteiger partial charge in [-0.15, -0.1) is 0 Å². The number of anilines is 1. The van der Waals surface area contributed by atoms with Gasteiger partial charge in [-0.1, -0.05) is 37.6 Å². The van der Waals surface area contributed by atoms with Crippen molar-refractivity contribution >= 4 is 38.8 Å². The Bertz CT molecular complexity index is 1000. The number of hydrogen-bond acceptors (Lipinski definition) is 1. The van der Waals surface area contributed by atoms with E-state index in [9.17, 15) is 0 Å². The zero-order chi connectivity index (χ0) is 18.1. The van der Waals surface area contributed by atoms with Crippen molar-refractivity contribution in [2.75, 3.05) is 11.9 Å². The highest BCUT2D eigenvalue weighted by Crippen LogP contribution is 2.45. The average molecular weight is 396 g/mol. The average Bonchev–Trinajstić information content (AvgIpc) is 3.24. The first-order valence-electron chi connectivity index (χ1n) is 9.11. The molecule has 1 heterocycles. The molecule has 130 valence electrons. The van der Waals surface area contributed by atoms with E-state index in [-0.39, 0.29) is 5.41 Å². The number of nitrogens with zero attached hydrogens (tertiary/aromatic N) is 1. The Balaban J connectivity index is 2.06. The van der Waals surface area contributed by atoms with Gasteiger partial charge in [0.1, 0.15) is 0 Å². The summed E-state index contributed by atoms with van der Waals surface area (Å²) >= 11 is 3.95. The molecular weight excluding hydrogens is 370 g/mol. The van der Waals surface area contributed by atoms with Crippen LogP contribution >= 0.6 is 15.9 Å². The molecule has 0 radical (unpaired) electrons. The van der Waals surface area contributed by atoms with Gasteiger partial charge in [0.05, 0.1) is 0 Å². The van der Waals surface area contributed by atoms with E-state index in [4.69, 9.17) is 0 Å². The normalized spacial score (nSPS) is 21.7. The van der Waals surface area contributed by atoms with Crippen LogP contribution in [0.2, 0.25) is 0 Å². The van der Waals surface area contributed by atoms with Crippen LogP contribution in [0.4, 0.5) is 5.69 Å². The highest BCUT2D eigenvalue weighted by Gasteiger charge is 2.34. The lowest BCUT2D eigenvalue weighted by atomic mass is 9.74. The fourth-order valence-electron chi connectivity index (χ4n) is 4.76. The monoisotopic (exact) mass is 395 g/mol. The van der Waals surface area contributed by atoms with E-state index in [1.807, 2.05) is 0 Å². The summed E-state index contributed by atoms with van der Waals surface area (Å²) < 4.78 is 1.26. The van der Waals surface area contributed by atoms with Crippen molar-refractivity contribution in [3.63, 3.8) is 0 Å². The molecule has 0 spiro atoms. The molecule has 0 bridgehead atoms. The van der Waals surface area contributed by atoms with Gasteiger partial charge in [-0.05, 0) is 82.8 Å². The number of allylic oxidation sites excluding steroid dienone is 5. The van der Waals surface area contributed by atoms with E-state index >= 15 is 0 Å². The third-order valence-corrected chi connectivity index (χ3v) is 7.31. The van der Waals surface area contributed by atoms with Crippen molar-refractivity contribution in [3.05, 3.63) is 55.9 Å². The Kier molecular flexibility index (Phi) is 3.70. The van der Waals surface area contributed by atoms with E-state index in [1.54, 1.807) is 0 Å². The molecule has 0 saturated heterocycles. The second kappa shape index (κ2) is 5.48. The summed E-state index contributed by atoms with van der Waals surface area (Å²) in [6, 6.07) is 2.88. The van der Waals surface area contributed by atoms with E-state index in [2.05, 4.69) is 92.9 Å². The largest absolute Gasteiger partial charge is 0.368 e. The van der Waals surface area contributed by atoms with Gasteiger partial charge in [0.2, 0.25) is 0 Å². The molecule has 1 aromatic carbocycles. The standard InChI is InChI=1S/C23H26BrN/c1-13-11-18-17(21(13)23(4,5)16-9-7-8-10-16)12-19-20(22(18)24)14(2)15(3)25(19)6/h7-9,11-12,15H,10H2,1-6H3. The van der Waals surface area contributed by atoms with Crippen LogP contribution in [-0.2, 0) is 0 Å². The first kappa shape index (κ1) is 16.9. The summed E-state index contributed by atoms with van der Waals surface area (Å²) in [6.45, 7) is 11.6. The fourth-order valence-corrected chi connectivity index (χ4v) is 5.61. The van der Waals surface area contributed by atoms with Gasteiger partial charge in [-0.25, -0.2) is 0 Å². The lowest BCUT2D eigenvalue weighted by Gasteiger charge is -2.30. The molecule has 1 aromatic rings. The Morgan fingerprint density at radius 1 is 1.24 bits per heavy atom. The Hall–Kier alpha value is -1.54. The first-order chi connectivity index (χ1) is 11.7. The van der Waals surface area contributed by atoms with E-state index < -0.39 is 0 Å². The Labute approximate surface area is 159 Å². The van der Waals surface area contributed by atoms with Gasteiger partial charge in [0.15, 0.2) is 0 Å². The molecule has 0 N–H and O–H groups in total. The molecule has 3 aliphatic rings. The molecule has 2 heteroatoms. The SMILES string of the molecule is CC1=Cc2c(Br)c3c(cc2=C1C(C)(C)C1=CC=CC1)N(C)C(C)C=3C. The van der Waals surface area contributed by atoms with Crippen molar-refractivity contribution in [3.8, 4) is 0 Å². The van der Waals surface area contributed by atoms with Crippen molar-refractivity contribution in [1.82, 2.24) is 0 Å². The van der Waals surface area contributed by atoms with Gasteiger partial charge in [-0.3, -0.25) is 0 Å². The predicted molar refractivity (Wildman–Crippen MR) is 113 cm³/mol. The second-order valence-corrected chi connectivity index (χ2v) is 8.96. The molecule has 1 atom stereocenters. The number of hydrogen-bond donors (Lipinski definition) is 0. The molecule has 4 rings (SSSR count). The third-order valence-electron chi connectivity index (χ3n) is 6.49. The summed E-state index contributed by atoms with van der Waals surface area (Å²) in [7, 11) is 2.21. The third kappa shape index (κ3) is 2.19. The van der Waals surface area contributed by atoms with Crippen molar-refractivity contribution < 1.29 is 0 Å². The maximum absolute atomic E-state index is 3.95. The molecule has 0 amide bonds. The Morgan fingerprint density at radius 3 is 2.60 bits per heavy atom. The van der Waals surface area contributed by atoms with Crippen molar-refractivity contribution in [2.45, 2.75) is 47.1 Å². The van der Waals surface area contributed by atoms with Crippen LogP contribution in [0.25, 0.3) is 17.2 Å². The van der Waals surface area contributed by atoms with Gasteiger partial charge < -0.3 is 4.90 Å². The summed E-state index contributed by atoms with van der Waals surface area (Å²) in [6.07, 6.45) is 10.2. The van der Waals surface area contributed by atoms with Gasteiger partial charge in [0.25, 0.3) is 0 Å². The Morgan fingerprint density at radius 2 is 1.96 bits per heavy atom. The fraction of sp³-hybridized carbons (Fsp3) is 0.391. The zero-order valence-corrected chi connectivity index (χ0v) is 17.6. The minimum absolute atomic E-state index is 0.0462. The van der Waals surface area contributed by atoms with Crippen LogP contribution in [0.3, 0.4) is 0 Å². The van der Waals surface area contributed by atoms with Crippen molar-refractivity contribution in [2.24, 2.45) is 5.41 Å². The molecule has 0 fully saturated rings. The summed E-state index contributed by atoms with van der Waals surface area (Å²) in [5, 5.41) is 2.79. The second-order valence-electron chi connectivity index (χ2n) is 8.17. The molecule has 2 aliphatic carbocycles. The molecule has 1 nitrogen and oxygen atoms in total. The summed E-state index contributed by atoms with van der Waals surface area (Å²) in [4.78, 5) is 2.41. The molecule has 0 aromatic heterocycles. The van der Waals surface area contributed by atoms with Crippen LogP contribution in [0.1, 0.15) is 46.6 Å². The van der Waals surface area contributed by atoms with Crippen LogP contribution < -0.4 is 15.3 Å². The maximum atomic E-state index is 3.95. The lowest BCUT2D eigenvalue weighted by molar-refractivity contribution is 0.589. The predicted octanol–water partition coefficient (Wildman–Crippen LogP) is 4.94. The summed E-state index contributed by atoms with van der Waals surface area (Å²) in [5.41, 5.74) is 8.58. The molecule has 25 heavy (non-hydrogen) atoms. The minimum Gasteiger partial charge on any atom is -0.368 e. The lowest BCUT2D eigenvalue weighted by Crippen LogP contribution is -2.28. The molecular formula is C23H26BrN. The van der Waals surface area contributed by atoms with E-state index in [0.717, 1.165) is 6.42 Å². The topological polar surface area (TPSA) is 3.24 Å². The van der Waals surface area contributed by atoms with Crippen LogP contribution in [0.5, 0.6) is 0 Å². The highest BCUT2D eigenvalue weighted by molar-refractivity contribution is 9.10. The van der Waals surface area contributed by atoms with Gasteiger partial charge >= 0.3 is 0 Å². The number of rotatable bonds is 2. The van der Waals surface area contributed by atoms with Crippen LogP contribution in [-0.4, -0.2) is 13.1 Å². The minimum atomic E-state index is 0.0462. The maximum Gasteiger partial charge on any atom is 0.0478 e. The first-order valence-corrected chi connectivity index (χ1v) is 9.90. The molecule has 0 saturated carbocycles. The van der Waals surface area contributed by atoms with Crippen LogP contribution in [0.15, 0.2) is 39.9 Å². The number of halogens is 1. The van der Waals surface area contributed by atoms with E-state index in [1.165, 1.54) is 48.5 Å². The van der Waals surface area contributed by atoms with Gasteiger partial charge in [-0.2, -0.15) is 0 Å². The zero-order valence-electron chi connectivity index (χ0n) is 16.0. The molecule has 1 unspecified atom stereocenters. The summed E-state index contributed by atoms with van der Waals surface area (Å²) in [5.74, 6) is 0. The highest BCUT2D eigenvalue weighted by atomic mass is 79.9.